The first-order chi connectivity index (χ1) is 16.2. The van der Waals surface area contributed by atoms with E-state index >= 15 is 0 Å². The molecule has 0 radical (unpaired) electrons. The highest BCUT2D eigenvalue weighted by Crippen LogP contribution is 2.51. The van der Waals surface area contributed by atoms with Crippen molar-refractivity contribution in [2.45, 2.75) is 101 Å². The van der Waals surface area contributed by atoms with Crippen molar-refractivity contribution in [3.63, 3.8) is 0 Å². The third kappa shape index (κ3) is 3.41. The Hall–Kier alpha value is -1.41. The lowest BCUT2D eigenvalue weighted by Crippen LogP contribution is -2.57. The van der Waals surface area contributed by atoms with Gasteiger partial charge in [-0.05, 0) is 96.4 Å². The predicted octanol–water partition coefficient (Wildman–Crippen LogP) is 3.40. The van der Waals surface area contributed by atoms with Gasteiger partial charge in [0.15, 0.2) is 0 Å². The molecule has 0 N–H and O–H groups in total. The van der Waals surface area contributed by atoms with Gasteiger partial charge in [0.1, 0.15) is 0 Å². The molecule has 34 heavy (non-hydrogen) atoms. The summed E-state index contributed by atoms with van der Waals surface area (Å²) in [4.78, 5) is 18.9. The van der Waals surface area contributed by atoms with Crippen molar-refractivity contribution < 1.29 is 18.8 Å². The van der Waals surface area contributed by atoms with Crippen LogP contribution in [0, 0.1) is 0 Å². The standard InChI is InChI=1S/C27H39BN2O4/c1-25(2)26(3,4)34-28(33-25)19-8-9-22-23(16-19)30(24(31)27(22)10-14-32-15-11-27)21-17-20(18-21)29-12-6-5-7-13-29/h8-9,16,20-21H,5-7,10-15,17-18H2,1-4H3. The molecule has 4 fully saturated rings. The molecule has 6 rings (SSSR count). The van der Waals surface area contributed by atoms with Crippen molar-refractivity contribution in [3.8, 4) is 0 Å². The lowest BCUT2D eigenvalue weighted by atomic mass is 9.73. The van der Waals surface area contributed by atoms with Crippen LogP contribution in [0.4, 0.5) is 5.69 Å². The number of ether oxygens (including phenoxy) is 1. The largest absolute Gasteiger partial charge is 0.494 e. The smallest absolute Gasteiger partial charge is 0.399 e. The van der Waals surface area contributed by atoms with E-state index in [-0.39, 0.29) is 17.2 Å². The summed E-state index contributed by atoms with van der Waals surface area (Å²) >= 11 is 0. The molecule has 7 heteroatoms. The first-order valence-electron chi connectivity index (χ1n) is 13.4. The van der Waals surface area contributed by atoms with Crippen molar-refractivity contribution in [2.75, 3.05) is 31.2 Å². The number of amides is 1. The Bertz CT molecular complexity index is 945. The minimum absolute atomic E-state index is 0.286. The Balaban J connectivity index is 1.31. The molecular formula is C27H39BN2O4. The van der Waals surface area contributed by atoms with Gasteiger partial charge in [-0.25, -0.2) is 0 Å². The van der Waals surface area contributed by atoms with E-state index in [9.17, 15) is 4.79 Å². The summed E-state index contributed by atoms with van der Waals surface area (Å²) in [6.07, 6.45) is 7.69. The Morgan fingerprint density at radius 2 is 1.56 bits per heavy atom. The summed E-state index contributed by atoms with van der Waals surface area (Å²) in [6, 6.07) is 7.40. The lowest BCUT2D eigenvalue weighted by Gasteiger charge is -2.48. The number of nitrogens with zero attached hydrogens (tertiary/aromatic N) is 2. The van der Waals surface area contributed by atoms with Gasteiger partial charge in [-0.1, -0.05) is 18.6 Å². The van der Waals surface area contributed by atoms with Gasteiger partial charge in [0.25, 0.3) is 0 Å². The van der Waals surface area contributed by atoms with E-state index < -0.39 is 12.5 Å². The van der Waals surface area contributed by atoms with Crippen LogP contribution in [0.25, 0.3) is 0 Å². The van der Waals surface area contributed by atoms with Crippen molar-refractivity contribution >= 4 is 24.2 Å². The Morgan fingerprint density at radius 1 is 0.912 bits per heavy atom. The SMILES string of the molecule is CC1(C)OB(c2ccc3c(c2)N(C2CC(N4CCCCC4)C2)C(=O)C32CCOCC2)OC1(C)C. The molecule has 0 aromatic heterocycles. The van der Waals surface area contributed by atoms with Crippen molar-refractivity contribution in [3.05, 3.63) is 23.8 Å². The molecule has 1 aromatic carbocycles. The van der Waals surface area contributed by atoms with Gasteiger partial charge in [0, 0.05) is 31.0 Å². The highest BCUT2D eigenvalue weighted by atomic mass is 16.7. The Morgan fingerprint density at radius 3 is 2.21 bits per heavy atom. The van der Waals surface area contributed by atoms with E-state index in [1.807, 2.05) is 0 Å². The maximum atomic E-state index is 14.1. The minimum atomic E-state index is -0.432. The van der Waals surface area contributed by atoms with E-state index in [2.05, 4.69) is 55.7 Å². The van der Waals surface area contributed by atoms with Crippen LogP contribution < -0.4 is 10.4 Å². The summed E-state index contributed by atoms with van der Waals surface area (Å²) in [5.74, 6) is 0.291. The first kappa shape index (κ1) is 23.0. The van der Waals surface area contributed by atoms with Crippen LogP contribution >= 0.6 is 0 Å². The maximum Gasteiger partial charge on any atom is 0.494 e. The summed E-state index contributed by atoms with van der Waals surface area (Å²) in [6.45, 7) is 12.1. The molecule has 3 saturated heterocycles. The van der Waals surface area contributed by atoms with Crippen LogP contribution in [0.5, 0.6) is 0 Å². The third-order valence-electron chi connectivity index (χ3n) is 9.66. The van der Waals surface area contributed by atoms with Gasteiger partial charge in [-0.15, -0.1) is 0 Å². The van der Waals surface area contributed by atoms with Crippen LogP contribution in [0.15, 0.2) is 18.2 Å². The number of fused-ring (bicyclic) bond motifs is 2. The number of benzene rings is 1. The van der Waals surface area contributed by atoms with Gasteiger partial charge in [-0.2, -0.15) is 0 Å². The monoisotopic (exact) mass is 466 g/mol. The van der Waals surface area contributed by atoms with Crippen LogP contribution in [0.2, 0.25) is 0 Å². The predicted molar refractivity (Wildman–Crippen MR) is 134 cm³/mol. The highest BCUT2D eigenvalue weighted by Gasteiger charge is 2.56. The number of carbonyl (C=O) groups excluding carboxylic acids is 1. The van der Waals surface area contributed by atoms with E-state index in [1.54, 1.807) is 0 Å². The normalized spacial score (nSPS) is 32.2. The molecule has 1 spiro atoms. The van der Waals surface area contributed by atoms with Crippen molar-refractivity contribution in [2.24, 2.45) is 0 Å². The zero-order valence-electron chi connectivity index (χ0n) is 21.3. The topological polar surface area (TPSA) is 51.2 Å². The zero-order chi connectivity index (χ0) is 23.7. The quantitative estimate of drug-likeness (QED) is 0.640. The number of likely N-dealkylation sites (tertiary alicyclic amines) is 1. The number of hydrogen-bond donors (Lipinski definition) is 0. The summed E-state index contributed by atoms with van der Waals surface area (Å²) in [5.41, 5.74) is 2.07. The molecule has 184 valence electrons. The number of piperidine rings is 1. The summed E-state index contributed by atoms with van der Waals surface area (Å²) in [5, 5.41) is 0. The second-order valence-corrected chi connectivity index (χ2v) is 12.1. The molecule has 0 unspecified atom stereocenters. The number of hydrogen-bond acceptors (Lipinski definition) is 5. The number of anilines is 1. The van der Waals surface area contributed by atoms with E-state index in [1.165, 1.54) is 37.9 Å². The molecular weight excluding hydrogens is 427 g/mol. The highest BCUT2D eigenvalue weighted by molar-refractivity contribution is 6.62. The fourth-order valence-electron chi connectivity index (χ4n) is 6.65. The summed E-state index contributed by atoms with van der Waals surface area (Å²) in [7, 11) is -0.416. The van der Waals surface area contributed by atoms with E-state index in [0.717, 1.165) is 36.8 Å². The molecule has 1 saturated carbocycles. The van der Waals surface area contributed by atoms with Crippen LogP contribution in [0.1, 0.15) is 78.2 Å². The molecule has 0 bridgehead atoms. The van der Waals surface area contributed by atoms with Crippen molar-refractivity contribution in [1.82, 2.24) is 4.90 Å². The second-order valence-electron chi connectivity index (χ2n) is 12.1. The molecule has 1 amide bonds. The number of rotatable bonds is 3. The van der Waals surface area contributed by atoms with Crippen LogP contribution in [-0.4, -0.2) is 67.5 Å². The molecule has 1 aliphatic carbocycles. The zero-order valence-corrected chi connectivity index (χ0v) is 21.3. The van der Waals surface area contributed by atoms with E-state index in [4.69, 9.17) is 14.0 Å². The molecule has 4 heterocycles. The second kappa shape index (κ2) is 8.05. The maximum absolute atomic E-state index is 14.1. The molecule has 6 nitrogen and oxygen atoms in total. The van der Waals surface area contributed by atoms with Gasteiger partial charge < -0.3 is 23.8 Å². The first-order valence-corrected chi connectivity index (χ1v) is 13.4. The minimum Gasteiger partial charge on any atom is -0.399 e. The van der Waals surface area contributed by atoms with Crippen LogP contribution in [-0.2, 0) is 24.3 Å². The van der Waals surface area contributed by atoms with Crippen LogP contribution in [0.3, 0.4) is 0 Å². The summed E-state index contributed by atoms with van der Waals surface area (Å²) < 4.78 is 18.4. The number of carbonyl (C=O) groups is 1. The Labute approximate surface area is 204 Å². The fraction of sp³-hybridized carbons (Fsp3) is 0.741. The average molecular weight is 466 g/mol. The van der Waals surface area contributed by atoms with Crippen molar-refractivity contribution in [1.29, 1.82) is 0 Å². The van der Waals surface area contributed by atoms with Gasteiger partial charge in [0.2, 0.25) is 5.91 Å². The van der Waals surface area contributed by atoms with Gasteiger partial charge in [0.05, 0.1) is 16.6 Å². The third-order valence-corrected chi connectivity index (χ3v) is 9.66. The molecule has 5 aliphatic rings. The Kier molecular flexibility index (Phi) is 5.45. The van der Waals surface area contributed by atoms with Gasteiger partial charge in [-0.3, -0.25) is 4.79 Å². The molecule has 4 aliphatic heterocycles. The van der Waals surface area contributed by atoms with E-state index in [0.29, 0.717) is 25.2 Å². The fourth-order valence-corrected chi connectivity index (χ4v) is 6.65. The average Bonchev–Trinajstić information content (AvgIpc) is 3.15. The van der Waals surface area contributed by atoms with Gasteiger partial charge >= 0.3 is 7.12 Å². The lowest BCUT2D eigenvalue weighted by molar-refractivity contribution is -0.127. The molecule has 1 aromatic rings. The molecule has 0 atom stereocenters.